The topological polar surface area (TPSA) is 36.9 Å². The lowest BCUT2D eigenvalue weighted by atomic mass is 10.3. The van der Waals surface area contributed by atoms with E-state index in [0.717, 1.165) is 32.1 Å². The van der Waals surface area contributed by atoms with Crippen molar-refractivity contribution in [3.63, 3.8) is 0 Å². The van der Waals surface area contributed by atoms with Crippen LogP contribution in [0.2, 0.25) is 5.16 Å². The van der Waals surface area contributed by atoms with Gasteiger partial charge in [-0.1, -0.05) is 45.8 Å². The zero-order chi connectivity index (χ0) is 20.6. The van der Waals surface area contributed by atoms with Gasteiger partial charge in [0.05, 0.1) is 5.16 Å². The molecule has 0 aromatic heterocycles. The first-order valence-electron chi connectivity index (χ1n) is 11.0. The van der Waals surface area contributed by atoms with Crippen molar-refractivity contribution in [1.29, 1.82) is 0 Å². The van der Waals surface area contributed by atoms with E-state index in [1.54, 1.807) is 0 Å². The molecule has 0 unspecified atom stereocenters. The predicted octanol–water partition coefficient (Wildman–Crippen LogP) is 6.13. The minimum absolute atomic E-state index is 0.144. The van der Waals surface area contributed by atoms with E-state index in [2.05, 4.69) is 72.0 Å². The summed E-state index contributed by atoms with van der Waals surface area (Å²) in [5.74, 6) is 0. The Bertz CT molecular complexity index is 365. The lowest BCUT2D eigenvalue weighted by Crippen LogP contribution is -2.59. The number of hydrogen-bond donors (Lipinski definition) is 0. The summed E-state index contributed by atoms with van der Waals surface area (Å²) in [7, 11) is -5.30. The molecule has 0 aliphatic carbocycles. The van der Waals surface area contributed by atoms with Gasteiger partial charge in [0.25, 0.3) is 0 Å². The molecule has 0 bridgehead atoms. The fraction of sp³-hybridized carbons (Fsp3) is 0.810. The monoisotopic (exact) mass is 416 g/mol. The highest BCUT2D eigenvalue weighted by Gasteiger charge is 2.57. The molecule has 0 amide bonds. The van der Waals surface area contributed by atoms with E-state index < -0.39 is 17.1 Å². The van der Waals surface area contributed by atoms with Gasteiger partial charge in [-0.3, -0.25) is 0 Å². The summed E-state index contributed by atoms with van der Waals surface area (Å²) in [4.78, 5) is 0. The summed E-state index contributed by atoms with van der Waals surface area (Å²) >= 11 is 0. The predicted molar refractivity (Wildman–Crippen MR) is 120 cm³/mol. The Hall–Kier alpha value is -0.246. The van der Waals surface area contributed by atoms with Crippen molar-refractivity contribution in [3.8, 4) is 0 Å². The molecule has 0 N–H and O–H groups in total. The second-order valence-corrected chi connectivity index (χ2v) is 13.2. The summed E-state index contributed by atoms with van der Waals surface area (Å²) in [6.07, 6.45) is 9.72. The molecule has 0 radical (unpaired) electrons. The van der Waals surface area contributed by atoms with E-state index in [-0.39, 0.29) is 5.16 Å². The van der Waals surface area contributed by atoms with Crippen LogP contribution >= 0.6 is 0 Å². The summed E-state index contributed by atoms with van der Waals surface area (Å²) in [6.45, 7) is 17.4. The molecule has 0 rings (SSSR count). The van der Waals surface area contributed by atoms with Gasteiger partial charge in [0, 0.05) is 26.4 Å². The molecular weight excluding hydrogens is 372 g/mol. The number of unbranched alkanes of at least 4 members (excludes halogenated alkanes) is 2. The summed E-state index contributed by atoms with van der Waals surface area (Å²) in [5, 5.41) is 0.144. The van der Waals surface area contributed by atoms with Crippen molar-refractivity contribution in [2.45, 2.75) is 85.7 Å². The first-order valence-corrected chi connectivity index (χ1v) is 14.9. The van der Waals surface area contributed by atoms with Crippen LogP contribution in [-0.2, 0) is 17.7 Å². The van der Waals surface area contributed by atoms with Crippen molar-refractivity contribution in [2.75, 3.05) is 26.4 Å². The third-order valence-electron chi connectivity index (χ3n) is 4.47. The largest absolute Gasteiger partial charge is 0.391 e. The van der Waals surface area contributed by atoms with Crippen molar-refractivity contribution in [2.24, 2.45) is 0 Å². The standard InChI is InChI=1S/C21H44O4Si2/c1-8-15-17-19-26(22-11-4,23-12-5)21(10-3)27(24-13-6,25-14-7)20-18-16-9-2/h17-21H,8-16H2,1-7H3. The van der Waals surface area contributed by atoms with Crippen LogP contribution in [-0.4, -0.2) is 43.5 Å². The van der Waals surface area contributed by atoms with Crippen molar-refractivity contribution >= 4 is 17.1 Å². The Morgan fingerprint density at radius 1 is 0.593 bits per heavy atom. The molecule has 4 nitrogen and oxygen atoms in total. The first-order chi connectivity index (χ1) is 13.1. The zero-order valence-electron chi connectivity index (χ0n) is 18.9. The van der Waals surface area contributed by atoms with Crippen LogP contribution in [0.4, 0.5) is 0 Å². The van der Waals surface area contributed by atoms with Crippen LogP contribution in [0.25, 0.3) is 0 Å². The number of hydrogen-bond acceptors (Lipinski definition) is 4. The normalized spacial score (nSPS) is 14.5. The minimum Gasteiger partial charge on any atom is -0.391 e. The molecule has 6 heteroatoms. The third kappa shape index (κ3) is 8.34. The summed E-state index contributed by atoms with van der Waals surface area (Å²) in [6, 6.07) is 0. The Morgan fingerprint density at radius 2 is 0.926 bits per heavy atom. The SMILES string of the molecule is CCCC=C[Si](OCC)(OCC)C(CC)[Si](C=CCCC)(OCC)OCC. The maximum absolute atomic E-state index is 6.45. The Balaban J connectivity index is 6.29. The molecule has 0 fully saturated rings. The highest BCUT2D eigenvalue weighted by molar-refractivity contribution is 6.93. The number of rotatable bonds is 17. The molecule has 0 saturated heterocycles. The molecule has 0 spiro atoms. The van der Waals surface area contributed by atoms with Gasteiger partial charge in [0.15, 0.2) is 0 Å². The Labute approximate surface area is 170 Å². The van der Waals surface area contributed by atoms with Gasteiger partial charge in [-0.05, 0) is 58.4 Å². The van der Waals surface area contributed by atoms with E-state index >= 15 is 0 Å². The lowest BCUT2D eigenvalue weighted by Gasteiger charge is -2.42. The van der Waals surface area contributed by atoms with Crippen LogP contribution in [0, 0.1) is 0 Å². The van der Waals surface area contributed by atoms with Crippen molar-refractivity contribution in [3.05, 3.63) is 23.6 Å². The van der Waals surface area contributed by atoms with E-state index in [1.165, 1.54) is 0 Å². The van der Waals surface area contributed by atoms with Crippen LogP contribution in [0.5, 0.6) is 0 Å². The van der Waals surface area contributed by atoms with Gasteiger partial charge < -0.3 is 17.7 Å². The third-order valence-corrected chi connectivity index (χ3v) is 14.0. The fourth-order valence-electron chi connectivity index (χ4n) is 3.49. The lowest BCUT2D eigenvalue weighted by molar-refractivity contribution is 0.159. The van der Waals surface area contributed by atoms with Gasteiger partial charge in [-0.15, -0.1) is 0 Å². The second kappa shape index (κ2) is 15.7. The molecule has 160 valence electrons. The fourth-order valence-corrected chi connectivity index (χ4v) is 13.1. The van der Waals surface area contributed by atoms with E-state index in [9.17, 15) is 0 Å². The smallest absolute Gasteiger partial charge is 0.370 e. The zero-order valence-corrected chi connectivity index (χ0v) is 20.9. The van der Waals surface area contributed by atoms with Crippen LogP contribution in [0.3, 0.4) is 0 Å². The summed E-state index contributed by atoms with van der Waals surface area (Å²) in [5.41, 5.74) is 4.51. The molecule has 0 aliphatic heterocycles. The van der Waals surface area contributed by atoms with Gasteiger partial charge in [0.1, 0.15) is 0 Å². The van der Waals surface area contributed by atoms with Gasteiger partial charge in [-0.2, -0.15) is 0 Å². The van der Waals surface area contributed by atoms with Crippen LogP contribution < -0.4 is 0 Å². The molecule has 0 saturated carbocycles. The van der Waals surface area contributed by atoms with Crippen molar-refractivity contribution < 1.29 is 17.7 Å². The second-order valence-electron chi connectivity index (χ2n) is 6.52. The molecule has 27 heavy (non-hydrogen) atoms. The maximum atomic E-state index is 6.45. The molecule has 0 aliphatic rings. The summed E-state index contributed by atoms with van der Waals surface area (Å²) < 4.78 is 25.8. The molecule has 0 heterocycles. The van der Waals surface area contributed by atoms with E-state index in [0.29, 0.717) is 26.4 Å². The maximum Gasteiger partial charge on any atom is 0.370 e. The van der Waals surface area contributed by atoms with E-state index in [4.69, 9.17) is 17.7 Å². The van der Waals surface area contributed by atoms with Gasteiger partial charge >= 0.3 is 17.1 Å². The molecule has 0 aromatic carbocycles. The molecule has 0 atom stereocenters. The van der Waals surface area contributed by atoms with Crippen molar-refractivity contribution in [1.82, 2.24) is 0 Å². The minimum atomic E-state index is -2.65. The number of allylic oxidation sites excluding steroid dienone is 2. The van der Waals surface area contributed by atoms with E-state index in [1.807, 2.05) is 0 Å². The Morgan fingerprint density at radius 3 is 1.15 bits per heavy atom. The van der Waals surface area contributed by atoms with Gasteiger partial charge in [-0.25, -0.2) is 0 Å². The van der Waals surface area contributed by atoms with Crippen LogP contribution in [0.1, 0.15) is 80.6 Å². The quantitative estimate of drug-likeness (QED) is 0.267. The van der Waals surface area contributed by atoms with Gasteiger partial charge in [0.2, 0.25) is 0 Å². The van der Waals surface area contributed by atoms with Crippen LogP contribution in [0.15, 0.2) is 23.6 Å². The molecule has 0 aromatic rings. The average molecular weight is 417 g/mol. The Kier molecular flexibility index (Phi) is 15.5. The molecular formula is C21H44O4Si2. The average Bonchev–Trinajstić information content (AvgIpc) is 2.63. The highest BCUT2D eigenvalue weighted by atomic mass is 28.4. The first kappa shape index (κ1) is 26.8. The highest BCUT2D eigenvalue weighted by Crippen LogP contribution is 2.40.